The number of quaternary nitrogens is 1. The van der Waals surface area contributed by atoms with Gasteiger partial charge in [-0.05, 0) is 96.3 Å². The number of hydrogen-bond donors (Lipinski definition) is 0. The van der Waals surface area contributed by atoms with E-state index in [4.69, 9.17) is 18.9 Å². The summed E-state index contributed by atoms with van der Waals surface area (Å²) in [6.45, 7) is 4.58. The normalized spacial score (nSPS) is 13.6. The number of likely N-dealkylation sites (N-methyl/N-ethyl adjacent to an activating group) is 1. The zero-order chi connectivity index (χ0) is 50.6. The number of carbonyl (C=O) groups excluding carboxylic acids is 3. The van der Waals surface area contributed by atoms with Gasteiger partial charge in [0.25, 0.3) is 0 Å². The second-order valence-electron chi connectivity index (χ2n) is 19.1. The van der Waals surface area contributed by atoms with Crippen molar-refractivity contribution in [2.45, 2.75) is 219 Å². The fraction of sp³-hybridized carbons (Fsp3) is 0.683. The predicted molar refractivity (Wildman–Crippen MR) is 287 cm³/mol. The Morgan fingerprint density at radius 3 is 1.23 bits per heavy atom. The number of esters is 2. The molecular weight excluding hydrogens is 863 g/mol. The first kappa shape index (κ1) is 65.2. The number of ether oxygens (including phenoxy) is 4. The van der Waals surface area contributed by atoms with Crippen molar-refractivity contribution in [1.29, 1.82) is 0 Å². The van der Waals surface area contributed by atoms with Crippen molar-refractivity contribution >= 4 is 17.9 Å². The van der Waals surface area contributed by atoms with E-state index in [9.17, 15) is 19.5 Å². The lowest BCUT2D eigenvalue weighted by Crippen LogP contribution is -2.44. The molecule has 0 saturated carbocycles. The molecule has 0 heterocycles. The number of nitrogens with zero attached hydrogens (tertiary/aromatic N) is 1. The van der Waals surface area contributed by atoms with Crippen LogP contribution in [0.15, 0.2) is 97.2 Å². The van der Waals surface area contributed by atoms with E-state index >= 15 is 0 Å². The SMILES string of the molecule is CC/C=C\C/C=C\C/C=C\C/C=C\C/C=C\C/C=C\CCCCCCCCCCC(=O)OC(COC(=O)CCCCCCCCC/C=C\C/C=C\CCCCC)COC(OCC[N+](C)(C)C)C(=O)[O-]. The second-order valence-corrected chi connectivity index (χ2v) is 19.1. The summed E-state index contributed by atoms with van der Waals surface area (Å²) in [5.41, 5.74) is 0. The van der Waals surface area contributed by atoms with Gasteiger partial charge in [-0.2, -0.15) is 0 Å². The van der Waals surface area contributed by atoms with Gasteiger partial charge in [-0.3, -0.25) is 9.59 Å². The van der Waals surface area contributed by atoms with E-state index in [1.807, 2.05) is 21.1 Å². The number of allylic oxidation sites excluding steroid dienone is 16. The van der Waals surface area contributed by atoms with Crippen LogP contribution in [0.1, 0.15) is 206 Å². The summed E-state index contributed by atoms with van der Waals surface area (Å²) in [5.74, 6) is -2.31. The molecule has 394 valence electrons. The smallest absolute Gasteiger partial charge is 0.306 e. The van der Waals surface area contributed by atoms with E-state index < -0.39 is 24.3 Å². The predicted octanol–water partition coefficient (Wildman–Crippen LogP) is 14.4. The molecule has 0 saturated heterocycles. The Morgan fingerprint density at radius 1 is 0.449 bits per heavy atom. The van der Waals surface area contributed by atoms with Gasteiger partial charge in [0, 0.05) is 12.8 Å². The van der Waals surface area contributed by atoms with Gasteiger partial charge in [-0.25, -0.2) is 0 Å². The van der Waals surface area contributed by atoms with Crippen LogP contribution in [0.5, 0.6) is 0 Å². The maximum Gasteiger partial charge on any atom is 0.306 e. The molecule has 0 aromatic carbocycles. The molecule has 0 aliphatic heterocycles. The highest BCUT2D eigenvalue weighted by Gasteiger charge is 2.22. The van der Waals surface area contributed by atoms with Crippen molar-refractivity contribution in [2.24, 2.45) is 0 Å². The van der Waals surface area contributed by atoms with E-state index in [0.717, 1.165) is 103 Å². The van der Waals surface area contributed by atoms with E-state index in [1.54, 1.807) is 0 Å². The zero-order valence-corrected chi connectivity index (χ0v) is 44.6. The fourth-order valence-electron chi connectivity index (χ4n) is 7.10. The molecule has 0 fully saturated rings. The third-order valence-corrected chi connectivity index (χ3v) is 11.3. The average Bonchev–Trinajstić information content (AvgIpc) is 3.31. The van der Waals surface area contributed by atoms with Crippen LogP contribution in [0.25, 0.3) is 0 Å². The summed E-state index contributed by atoms with van der Waals surface area (Å²) in [5, 5.41) is 11.8. The Morgan fingerprint density at radius 2 is 0.826 bits per heavy atom. The number of hydrogen-bond acceptors (Lipinski definition) is 8. The van der Waals surface area contributed by atoms with Crippen molar-refractivity contribution < 1.29 is 42.9 Å². The first-order valence-corrected chi connectivity index (χ1v) is 27.4. The van der Waals surface area contributed by atoms with E-state index in [2.05, 4.69) is 111 Å². The minimum Gasteiger partial charge on any atom is -0.545 e. The number of carboxylic acids is 1. The van der Waals surface area contributed by atoms with Gasteiger partial charge in [0.2, 0.25) is 0 Å². The van der Waals surface area contributed by atoms with Crippen molar-refractivity contribution in [2.75, 3.05) is 47.5 Å². The molecule has 9 heteroatoms. The van der Waals surface area contributed by atoms with Crippen LogP contribution in [0, 0.1) is 0 Å². The number of carbonyl (C=O) groups is 3. The maximum absolute atomic E-state index is 12.8. The van der Waals surface area contributed by atoms with Crippen LogP contribution < -0.4 is 5.11 Å². The molecule has 0 aliphatic rings. The van der Waals surface area contributed by atoms with Crippen molar-refractivity contribution in [1.82, 2.24) is 0 Å². The highest BCUT2D eigenvalue weighted by atomic mass is 16.7. The van der Waals surface area contributed by atoms with Crippen LogP contribution in [0.4, 0.5) is 0 Å². The number of carboxylic acid groups (broad SMARTS) is 1. The number of aliphatic carboxylic acids is 1. The number of unbranched alkanes of at least 4 members (excludes halogenated alkanes) is 18. The molecule has 0 aliphatic carbocycles. The lowest BCUT2D eigenvalue weighted by Gasteiger charge is -2.26. The molecule has 0 rings (SSSR count). The molecule has 0 radical (unpaired) electrons. The monoisotopic (exact) mass is 964 g/mol. The quantitative estimate of drug-likeness (QED) is 0.0195. The molecule has 2 unspecified atom stereocenters. The van der Waals surface area contributed by atoms with E-state index in [0.29, 0.717) is 17.4 Å². The lowest BCUT2D eigenvalue weighted by molar-refractivity contribution is -0.870. The topological polar surface area (TPSA) is 111 Å². The Kier molecular flexibility index (Phi) is 47.8. The molecule has 0 bridgehead atoms. The summed E-state index contributed by atoms with van der Waals surface area (Å²) in [6, 6.07) is 0. The maximum atomic E-state index is 12.8. The molecule has 9 nitrogen and oxygen atoms in total. The van der Waals surface area contributed by atoms with Gasteiger partial charge in [-0.1, -0.05) is 195 Å². The first-order chi connectivity index (χ1) is 33.6. The van der Waals surface area contributed by atoms with E-state index in [-0.39, 0.29) is 38.6 Å². The summed E-state index contributed by atoms with van der Waals surface area (Å²) in [6.07, 6.45) is 64.4. The molecule has 69 heavy (non-hydrogen) atoms. The molecule has 2 atom stereocenters. The third-order valence-electron chi connectivity index (χ3n) is 11.3. The van der Waals surface area contributed by atoms with Gasteiger partial charge >= 0.3 is 11.9 Å². The Labute approximate surface area is 422 Å². The van der Waals surface area contributed by atoms with Crippen molar-refractivity contribution in [3.05, 3.63) is 97.2 Å². The average molecular weight is 964 g/mol. The van der Waals surface area contributed by atoms with Crippen LogP contribution in [-0.2, 0) is 33.3 Å². The summed E-state index contributed by atoms with van der Waals surface area (Å²) < 4.78 is 22.6. The van der Waals surface area contributed by atoms with Gasteiger partial charge in [0.1, 0.15) is 13.2 Å². The Bertz CT molecular complexity index is 1450. The van der Waals surface area contributed by atoms with Crippen LogP contribution in [0.3, 0.4) is 0 Å². The molecule has 0 aromatic heterocycles. The highest BCUT2D eigenvalue weighted by molar-refractivity contribution is 5.70. The molecule has 0 aromatic rings. The van der Waals surface area contributed by atoms with Gasteiger partial charge in [0.05, 0.1) is 40.3 Å². The second kappa shape index (κ2) is 50.6. The molecule has 0 amide bonds. The minimum atomic E-state index is -1.63. The standard InChI is InChI=1S/C60H101NO8/c1-6-8-10-12-14-16-18-20-22-24-25-26-27-28-29-30-31-32-33-35-37-39-41-43-45-47-49-51-58(63)69-56(55-68-60(59(64)65)66-53-52-61(3,4)5)54-67-57(62)50-48-46-44-42-40-38-36-34-23-21-19-17-15-13-11-9-7-2/h8,10,14-17,20-23,25-26,28-29,31-32,56,60H,6-7,9,11-13,18-19,24,27,30,33-55H2,1-5H3/b10-8-,16-14-,17-15-,22-20-,23-21-,26-25-,29-28-,32-31-. The summed E-state index contributed by atoms with van der Waals surface area (Å²) in [7, 11) is 5.90. The summed E-state index contributed by atoms with van der Waals surface area (Å²) >= 11 is 0. The fourth-order valence-corrected chi connectivity index (χ4v) is 7.10. The Hall–Kier alpha value is -3.79. The van der Waals surface area contributed by atoms with E-state index in [1.165, 1.54) is 70.6 Å². The molecule has 0 N–H and O–H groups in total. The van der Waals surface area contributed by atoms with Crippen LogP contribution in [0.2, 0.25) is 0 Å². The molecular formula is C60H101NO8. The van der Waals surface area contributed by atoms with Gasteiger partial charge in [0.15, 0.2) is 12.4 Å². The van der Waals surface area contributed by atoms with Crippen LogP contribution in [-0.4, -0.2) is 82.3 Å². The highest BCUT2D eigenvalue weighted by Crippen LogP contribution is 2.14. The first-order valence-electron chi connectivity index (χ1n) is 27.4. The lowest BCUT2D eigenvalue weighted by atomic mass is 10.1. The zero-order valence-electron chi connectivity index (χ0n) is 44.6. The van der Waals surface area contributed by atoms with Crippen LogP contribution >= 0.6 is 0 Å². The van der Waals surface area contributed by atoms with Gasteiger partial charge < -0.3 is 33.3 Å². The third kappa shape index (κ3) is 51.9. The van der Waals surface area contributed by atoms with Crippen molar-refractivity contribution in [3.8, 4) is 0 Å². The molecule has 0 spiro atoms. The van der Waals surface area contributed by atoms with Crippen molar-refractivity contribution in [3.63, 3.8) is 0 Å². The van der Waals surface area contributed by atoms with Gasteiger partial charge in [-0.15, -0.1) is 0 Å². The summed E-state index contributed by atoms with van der Waals surface area (Å²) in [4.78, 5) is 37.2. The Balaban J connectivity index is 4.33. The largest absolute Gasteiger partial charge is 0.545 e. The minimum absolute atomic E-state index is 0.140. The number of rotatable bonds is 49.